The van der Waals surface area contributed by atoms with Gasteiger partial charge < -0.3 is 10.6 Å². The lowest BCUT2D eigenvalue weighted by Crippen LogP contribution is -2.19. The number of rotatable bonds is 5. The van der Waals surface area contributed by atoms with Gasteiger partial charge in [-0.1, -0.05) is 0 Å². The maximum absolute atomic E-state index is 12.9. The number of nitrogens with zero attached hydrogens (tertiary/aromatic N) is 2. The van der Waals surface area contributed by atoms with Gasteiger partial charge in [0, 0.05) is 23.1 Å². The molecule has 3 aromatic rings. The van der Waals surface area contributed by atoms with Gasteiger partial charge in [0.25, 0.3) is 10.0 Å². The lowest BCUT2D eigenvalue weighted by molar-refractivity contribution is 0.262. The molecule has 8 nitrogen and oxygen atoms in total. The van der Waals surface area contributed by atoms with Crippen LogP contribution >= 0.6 is 0 Å². The Kier molecular flexibility index (Phi) is 5.74. The largest absolute Gasteiger partial charge is 0.323 e. The Balaban J connectivity index is 1.67. The molecule has 3 N–H and O–H groups in total. The molecule has 2 amide bonds. The molecule has 0 aliphatic heterocycles. The summed E-state index contributed by atoms with van der Waals surface area (Å²) in [6.45, 7) is 3.41. The van der Waals surface area contributed by atoms with Crippen LogP contribution in [-0.2, 0) is 10.0 Å². The van der Waals surface area contributed by atoms with Crippen LogP contribution in [0.15, 0.2) is 59.5 Å². The lowest BCUT2D eigenvalue weighted by Gasteiger charge is -2.10. The van der Waals surface area contributed by atoms with Gasteiger partial charge in [0.2, 0.25) is 0 Å². The molecule has 0 atom stereocenters. The van der Waals surface area contributed by atoms with Crippen LogP contribution in [0.3, 0.4) is 0 Å². The smallest absolute Gasteiger partial charge is 0.308 e. The molecule has 0 saturated carbocycles. The van der Waals surface area contributed by atoms with Crippen LogP contribution in [-0.4, -0.2) is 24.4 Å². The molecule has 0 bridgehead atoms. The van der Waals surface area contributed by atoms with E-state index in [4.69, 9.17) is 0 Å². The van der Waals surface area contributed by atoms with E-state index in [-0.39, 0.29) is 10.7 Å². The number of nitrogens with one attached hydrogen (secondary N) is 3. The minimum Gasteiger partial charge on any atom is -0.308 e. The normalized spacial score (nSPS) is 11.0. The molecule has 0 aliphatic rings. The number of hydrogen-bond acceptors (Lipinski definition) is 5. The van der Waals surface area contributed by atoms with E-state index in [1.165, 1.54) is 54.6 Å². The number of urea groups is 1. The number of carbonyl (C=O) groups is 1. The standard InChI is InChI=1S/C19H18FN5O3S/c1-12-11-18(22-13(2)21-12)25-29(27,28)17-9-7-16(8-10-17)24-19(26)23-15-5-3-14(20)4-6-15/h3-11H,1-2H3,(H,21,22,25)(H2,23,24,26). The van der Waals surface area contributed by atoms with Crippen molar-refractivity contribution in [1.82, 2.24) is 9.97 Å². The van der Waals surface area contributed by atoms with Gasteiger partial charge in [-0.3, -0.25) is 4.72 Å². The van der Waals surface area contributed by atoms with Crippen molar-refractivity contribution in [1.29, 1.82) is 0 Å². The SMILES string of the molecule is Cc1cc(NS(=O)(=O)c2ccc(NC(=O)Nc3ccc(F)cc3)cc2)nc(C)n1. The van der Waals surface area contributed by atoms with Crippen LogP contribution in [0.5, 0.6) is 0 Å². The fourth-order valence-electron chi connectivity index (χ4n) is 2.51. The van der Waals surface area contributed by atoms with E-state index in [0.29, 0.717) is 22.9 Å². The third-order valence-electron chi connectivity index (χ3n) is 3.73. The average molecular weight is 415 g/mol. The molecule has 0 fully saturated rings. The van der Waals surface area contributed by atoms with E-state index in [1.807, 2.05) is 0 Å². The van der Waals surface area contributed by atoms with Crippen molar-refractivity contribution in [2.45, 2.75) is 18.7 Å². The summed E-state index contributed by atoms with van der Waals surface area (Å²) in [6, 6.07) is 11.9. The first-order valence-electron chi connectivity index (χ1n) is 8.50. The second-order valence-corrected chi connectivity index (χ2v) is 7.84. The number of aromatic nitrogens is 2. The number of sulfonamides is 1. The molecular formula is C19H18FN5O3S. The summed E-state index contributed by atoms with van der Waals surface area (Å²) in [5.41, 5.74) is 1.45. The van der Waals surface area contributed by atoms with Crippen molar-refractivity contribution in [2.24, 2.45) is 0 Å². The molecule has 2 aromatic carbocycles. The maximum Gasteiger partial charge on any atom is 0.323 e. The van der Waals surface area contributed by atoms with E-state index >= 15 is 0 Å². The summed E-state index contributed by atoms with van der Waals surface area (Å²) in [6.07, 6.45) is 0. The van der Waals surface area contributed by atoms with Gasteiger partial charge in [0.05, 0.1) is 4.90 Å². The highest BCUT2D eigenvalue weighted by atomic mass is 32.2. The van der Waals surface area contributed by atoms with Gasteiger partial charge in [0.15, 0.2) is 0 Å². The number of anilines is 3. The summed E-state index contributed by atoms with van der Waals surface area (Å²) < 4.78 is 40.3. The summed E-state index contributed by atoms with van der Waals surface area (Å²) in [4.78, 5) is 20.2. The molecule has 3 rings (SSSR count). The molecule has 0 spiro atoms. The van der Waals surface area contributed by atoms with Gasteiger partial charge in [0.1, 0.15) is 17.5 Å². The van der Waals surface area contributed by atoms with Crippen molar-refractivity contribution in [3.63, 3.8) is 0 Å². The Bertz CT molecular complexity index is 1110. The molecule has 29 heavy (non-hydrogen) atoms. The highest BCUT2D eigenvalue weighted by Gasteiger charge is 2.15. The van der Waals surface area contributed by atoms with E-state index in [0.717, 1.165) is 0 Å². The summed E-state index contributed by atoms with van der Waals surface area (Å²) in [5.74, 6) is 0.221. The fourth-order valence-corrected chi connectivity index (χ4v) is 3.50. The second kappa shape index (κ2) is 8.23. The molecule has 10 heteroatoms. The summed E-state index contributed by atoms with van der Waals surface area (Å²) >= 11 is 0. The number of benzene rings is 2. The van der Waals surface area contributed by atoms with Gasteiger partial charge in [-0.05, 0) is 62.4 Å². The van der Waals surface area contributed by atoms with Crippen molar-refractivity contribution < 1.29 is 17.6 Å². The average Bonchev–Trinajstić information content (AvgIpc) is 2.63. The van der Waals surface area contributed by atoms with Crippen molar-refractivity contribution >= 4 is 33.2 Å². The Morgan fingerprint density at radius 3 is 2.00 bits per heavy atom. The zero-order chi connectivity index (χ0) is 21.0. The Hall–Kier alpha value is -3.53. The predicted molar refractivity (Wildman–Crippen MR) is 108 cm³/mol. The number of halogens is 1. The molecule has 0 unspecified atom stereocenters. The molecular weight excluding hydrogens is 397 g/mol. The van der Waals surface area contributed by atoms with Gasteiger partial charge in [-0.2, -0.15) is 0 Å². The van der Waals surface area contributed by atoms with E-state index in [2.05, 4.69) is 25.3 Å². The topological polar surface area (TPSA) is 113 Å². The number of hydrogen-bond donors (Lipinski definition) is 3. The van der Waals surface area contributed by atoms with Gasteiger partial charge >= 0.3 is 6.03 Å². The molecule has 0 radical (unpaired) electrons. The maximum atomic E-state index is 12.9. The fraction of sp³-hybridized carbons (Fsp3) is 0.105. The minimum atomic E-state index is -3.85. The molecule has 0 saturated heterocycles. The van der Waals surface area contributed by atoms with Crippen LogP contribution < -0.4 is 15.4 Å². The Morgan fingerprint density at radius 2 is 1.45 bits per heavy atom. The zero-order valence-electron chi connectivity index (χ0n) is 15.6. The first-order chi connectivity index (χ1) is 13.7. The zero-order valence-corrected chi connectivity index (χ0v) is 16.4. The number of amides is 2. The van der Waals surface area contributed by atoms with E-state index in [1.54, 1.807) is 13.8 Å². The Morgan fingerprint density at radius 1 is 0.897 bits per heavy atom. The van der Waals surface area contributed by atoms with E-state index < -0.39 is 21.9 Å². The van der Waals surface area contributed by atoms with Crippen molar-refractivity contribution in [3.05, 3.63) is 71.9 Å². The molecule has 1 heterocycles. The second-order valence-electron chi connectivity index (χ2n) is 6.16. The van der Waals surface area contributed by atoms with Crippen LogP contribution in [0.1, 0.15) is 11.5 Å². The van der Waals surface area contributed by atoms with E-state index in [9.17, 15) is 17.6 Å². The monoisotopic (exact) mass is 415 g/mol. The third-order valence-corrected chi connectivity index (χ3v) is 5.10. The van der Waals surface area contributed by atoms with Crippen LogP contribution in [0.4, 0.5) is 26.4 Å². The number of carbonyl (C=O) groups excluding carboxylic acids is 1. The first kappa shape index (κ1) is 20.2. The van der Waals surface area contributed by atoms with Crippen LogP contribution in [0, 0.1) is 19.7 Å². The quantitative estimate of drug-likeness (QED) is 0.588. The Labute approximate surface area is 167 Å². The summed E-state index contributed by atoms with van der Waals surface area (Å²) in [7, 11) is -3.85. The van der Waals surface area contributed by atoms with Gasteiger partial charge in [-0.15, -0.1) is 0 Å². The highest BCUT2D eigenvalue weighted by molar-refractivity contribution is 7.92. The van der Waals surface area contributed by atoms with Crippen LogP contribution in [0.2, 0.25) is 0 Å². The third kappa shape index (κ3) is 5.48. The minimum absolute atomic E-state index is 0.0101. The molecule has 0 aliphatic carbocycles. The summed E-state index contributed by atoms with van der Waals surface area (Å²) in [5, 5.41) is 5.11. The van der Waals surface area contributed by atoms with Crippen LogP contribution in [0.25, 0.3) is 0 Å². The highest BCUT2D eigenvalue weighted by Crippen LogP contribution is 2.18. The molecule has 1 aromatic heterocycles. The van der Waals surface area contributed by atoms with Gasteiger partial charge in [-0.25, -0.2) is 27.6 Å². The predicted octanol–water partition coefficient (Wildman–Crippen LogP) is 3.68. The first-order valence-corrected chi connectivity index (χ1v) is 9.98. The molecule has 150 valence electrons. The number of aryl methyl sites for hydroxylation is 2. The lowest BCUT2D eigenvalue weighted by atomic mass is 10.3. The van der Waals surface area contributed by atoms with Crippen molar-refractivity contribution in [3.8, 4) is 0 Å². The van der Waals surface area contributed by atoms with Crippen molar-refractivity contribution in [2.75, 3.05) is 15.4 Å².